The first-order valence-electron chi connectivity index (χ1n) is 5.83. The number of hydrogen-bond donors (Lipinski definition) is 2. The van der Waals surface area contributed by atoms with Crippen molar-refractivity contribution in [1.82, 2.24) is 5.43 Å². The second-order valence-electron chi connectivity index (χ2n) is 4.21. The molecule has 0 fully saturated rings. The fourth-order valence-electron chi connectivity index (χ4n) is 1.10. The van der Waals surface area contributed by atoms with Crippen LogP contribution in [0.2, 0.25) is 0 Å². The molecule has 0 saturated carbocycles. The van der Waals surface area contributed by atoms with E-state index >= 15 is 0 Å². The molecule has 102 valence electrons. The standard InChI is InChI=1S/C13H17N3O3/c1-9(2)13(18)16-15-7-10-3-5-11(6-4-10)19-8-12(14)17/h3-7,9H,8H2,1-2H3,(H2,14,17)(H,16,18)/b15-7+. The van der Waals surface area contributed by atoms with Gasteiger partial charge in [0.2, 0.25) is 5.91 Å². The molecule has 2 amide bonds. The van der Waals surface area contributed by atoms with Crippen LogP contribution in [0.25, 0.3) is 0 Å². The first-order chi connectivity index (χ1) is 8.99. The van der Waals surface area contributed by atoms with E-state index in [1.54, 1.807) is 38.1 Å². The Morgan fingerprint density at radius 1 is 1.37 bits per heavy atom. The second kappa shape index (κ2) is 7.15. The van der Waals surface area contributed by atoms with E-state index in [4.69, 9.17) is 10.5 Å². The fourth-order valence-corrected chi connectivity index (χ4v) is 1.10. The van der Waals surface area contributed by atoms with Gasteiger partial charge in [0.25, 0.3) is 5.91 Å². The fraction of sp³-hybridized carbons (Fsp3) is 0.308. The molecule has 0 spiro atoms. The number of ether oxygens (including phenoxy) is 1. The van der Waals surface area contributed by atoms with E-state index in [2.05, 4.69) is 10.5 Å². The molecule has 1 rings (SSSR count). The third-order valence-corrected chi connectivity index (χ3v) is 2.17. The average Bonchev–Trinajstić information content (AvgIpc) is 2.37. The Hall–Kier alpha value is -2.37. The molecule has 0 radical (unpaired) electrons. The highest BCUT2D eigenvalue weighted by molar-refractivity contribution is 5.83. The molecule has 0 bridgehead atoms. The SMILES string of the molecule is CC(C)C(=O)N/N=C/c1ccc(OCC(N)=O)cc1. The monoisotopic (exact) mass is 263 g/mol. The first-order valence-corrected chi connectivity index (χ1v) is 5.83. The summed E-state index contributed by atoms with van der Waals surface area (Å²) in [5.74, 6) is -0.233. The number of carbonyl (C=O) groups is 2. The number of nitrogens with two attached hydrogens (primary N) is 1. The molecule has 0 aliphatic rings. The quantitative estimate of drug-likeness (QED) is 0.583. The number of benzene rings is 1. The van der Waals surface area contributed by atoms with Crippen molar-refractivity contribution in [2.45, 2.75) is 13.8 Å². The normalized spacial score (nSPS) is 10.7. The van der Waals surface area contributed by atoms with E-state index in [1.165, 1.54) is 6.21 Å². The van der Waals surface area contributed by atoms with E-state index in [0.29, 0.717) is 5.75 Å². The van der Waals surface area contributed by atoms with Gasteiger partial charge in [0.05, 0.1) is 6.21 Å². The summed E-state index contributed by atoms with van der Waals surface area (Å²) in [5.41, 5.74) is 8.19. The van der Waals surface area contributed by atoms with Crippen molar-refractivity contribution in [3.8, 4) is 5.75 Å². The van der Waals surface area contributed by atoms with Crippen molar-refractivity contribution in [2.75, 3.05) is 6.61 Å². The van der Waals surface area contributed by atoms with Gasteiger partial charge in [-0.25, -0.2) is 5.43 Å². The van der Waals surface area contributed by atoms with Gasteiger partial charge in [0.1, 0.15) is 5.75 Å². The number of hydrogen-bond acceptors (Lipinski definition) is 4. The number of nitrogens with zero attached hydrogens (tertiary/aromatic N) is 1. The van der Waals surface area contributed by atoms with Gasteiger partial charge in [-0.3, -0.25) is 9.59 Å². The molecule has 0 unspecified atom stereocenters. The number of primary amides is 1. The summed E-state index contributed by atoms with van der Waals surface area (Å²) < 4.78 is 5.11. The minimum atomic E-state index is -0.526. The molecule has 0 aliphatic carbocycles. The maximum absolute atomic E-state index is 11.2. The highest BCUT2D eigenvalue weighted by Gasteiger charge is 2.03. The lowest BCUT2D eigenvalue weighted by Crippen LogP contribution is -2.22. The van der Waals surface area contributed by atoms with E-state index < -0.39 is 5.91 Å². The zero-order valence-electron chi connectivity index (χ0n) is 10.9. The van der Waals surface area contributed by atoms with Crippen LogP contribution in [-0.4, -0.2) is 24.6 Å². The number of rotatable bonds is 6. The lowest BCUT2D eigenvalue weighted by Gasteiger charge is -2.03. The van der Waals surface area contributed by atoms with Crippen LogP contribution in [0.3, 0.4) is 0 Å². The topological polar surface area (TPSA) is 93.8 Å². The number of nitrogens with one attached hydrogen (secondary N) is 1. The summed E-state index contributed by atoms with van der Waals surface area (Å²) in [6, 6.07) is 6.88. The molecule has 0 aromatic heterocycles. The highest BCUT2D eigenvalue weighted by atomic mass is 16.5. The number of hydrazone groups is 1. The molecule has 6 heteroatoms. The lowest BCUT2D eigenvalue weighted by molar-refractivity contribution is -0.124. The minimum absolute atomic E-state index is 0.110. The molecular weight excluding hydrogens is 246 g/mol. The third kappa shape index (κ3) is 5.67. The van der Waals surface area contributed by atoms with Crippen molar-refractivity contribution in [2.24, 2.45) is 16.8 Å². The van der Waals surface area contributed by atoms with Crippen LogP contribution in [-0.2, 0) is 9.59 Å². The van der Waals surface area contributed by atoms with Crippen molar-refractivity contribution < 1.29 is 14.3 Å². The average molecular weight is 263 g/mol. The summed E-state index contributed by atoms with van der Waals surface area (Å²) in [6.07, 6.45) is 1.53. The highest BCUT2D eigenvalue weighted by Crippen LogP contribution is 2.10. The Labute approximate surface area is 111 Å². The molecule has 1 aromatic rings. The Balaban J connectivity index is 2.50. The Morgan fingerprint density at radius 2 is 2.00 bits per heavy atom. The second-order valence-corrected chi connectivity index (χ2v) is 4.21. The summed E-state index contributed by atoms with van der Waals surface area (Å²) in [6.45, 7) is 3.42. The molecule has 0 aliphatic heterocycles. The van der Waals surface area contributed by atoms with Crippen molar-refractivity contribution in [1.29, 1.82) is 0 Å². The smallest absolute Gasteiger partial charge is 0.255 e. The molecule has 1 aromatic carbocycles. The predicted molar refractivity (Wildman–Crippen MR) is 71.7 cm³/mol. The van der Waals surface area contributed by atoms with Gasteiger partial charge < -0.3 is 10.5 Å². The minimum Gasteiger partial charge on any atom is -0.484 e. The lowest BCUT2D eigenvalue weighted by atomic mass is 10.2. The zero-order valence-corrected chi connectivity index (χ0v) is 10.9. The molecule has 0 atom stereocenters. The van der Waals surface area contributed by atoms with E-state index in [9.17, 15) is 9.59 Å². The maximum atomic E-state index is 11.2. The number of carbonyl (C=O) groups excluding carboxylic acids is 2. The number of amides is 2. The molecule has 19 heavy (non-hydrogen) atoms. The van der Waals surface area contributed by atoms with E-state index in [-0.39, 0.29) is 18.4 Å². The predicted octanol–water partition coefficient (Wildman–Crippen LogP) is 0.657. The summed E-state index contributed by atoms with van der Waals surface area (Å²) in [7, 11) is 0. The largest absolute Gasteiger partial charge is 0.484 e. The van der Waals surface area contributed by atoms with Crippen molar-refractivity contribution in [3.05, 3.63) is 29.8 Å². The van der Waals surface area contributed by atoms with Crippen LogP contribution in [0.1, 0.15) is 19.4 Å². The van der Waals surface area contributed by atoms with E-state index in [0.717, 1.165) is 5.56 Å². The van der Waals surface area contributed by atoms with E-state index in [1.807, 2.05) is 0 Å². The van der Waals surface area contributed by atoms with Crippen LogP contribution in [0.4, 0.5) is 0 Å². The van der Waals surface area contributed by atoms with Crippen molar-refractivity contribution >= 4 is 18.0 Å². The summed E-state index contributed by atoms with van der Waals surface area (Å²) in [4.78, 5) is 21.8. The van der Waals surface area contributed by atoms with Crippen LogP contribution < -0.4 is 15.9 Å². The molecule has 0 saturated heterocycles. The van der Waals surface area contributed by atoms with Gasteiger partial charge >= 0.3 is 0 Å². The molecule has 0 heterocycles. The Morgan fingerprint density at radius 3 is 2.53 bits per heavy atom. The molecule has 3 N–H and O–H groups in total. The summed E-state index contributed by atoms with van der Waals surface area (Å²) >= 11 is 0. The molecular formula is C13H17N3O3. The van der Waals surface area contributed by atoms with Crippen LogP contribution in [0.15, 0.2) is 29.4 Å². The van der Waals surface area contributed by atoms with Gasteiger partial charge in [-0.05, 0) is 29.8 Å². The van der Waals surface area contributed by atoms with Crippen LogP contribution in [0.5, 0.6) is 5.75 Å². The Bertz CT molecular complexity index is 467. The third-order valence-electron chi connectivity index (χ3n) is 2.17. The zero-order chi connectivity index (χ0) is 14.3. The van der Waals surface area contributed by atoms with Crippen LogP contribution >= 0.6 is 0 Å². The summed E-state index contributed by atoms with van der Waals surface area (Å²) in [5, 5.41) is 3.83. The maximum Gasteiger partial charge on any atom is 0.255 e. The van der Waals surface area contributed by atoms with Gasteiger partial charge in [0.15, 0.2) is 6.61 Å². The first kappa shape index (κ1) is 14.7. The van der Waals surface area contributed by atoms with Gasteiger partial charge in [-0.15, -0.1) is 0 Å². The van der Waals surface area contributed by atoms with Gasteiger partial charge in [-0.1, -0.05) is 13.8 Å². The molecule has 6 nitrogen and oxygen atoms in total. The van der Waals surface area contributed by atoms with Crippen molar-refractivity contribution in [3.63, 3.8) is 0 Å². The van der Waals surface area contributed by atoms with Crippen LogP contribution in [0, 0.1) is 5.92 Å². The van der Waals surface area contributed by atoms with Gasteiger partial charge in [0, 0.05) is 5.92 Å². The van der Waals surface area contributed by atoms with Gasteiger partial charge in [-0.2, -0.15) is 5.10 Å². The Kier molecular flexibility index (Phi) is 5.53.